The number of pyridine rings is 1. The molecule has 0 unspecified atom stereocenters. The van der Waals surface area contributed by atoms with Gasteiger partial charge in [0.2, 0.25) is 10.0 Å². The molecule has 0 atom stereocenters. The fraction of sp³-hybridized carbons (Fsp3) is 0.188. The van der Waals surface area contributed by atoms with Crippen molar-refractivity contribution in [2.24, 2.45) is 0 Å². The molecular weight excluding hydrogens is 314 g/mol. The zero-order valence-electron chi connectivity index (χ0n) is 12.9. The fourth-order valence-corrected chi connectivity index (χ4v) is 3.23. The molecule has 0 fully saturated rings. The number of rotatable bonds is 5. The predicted octanol–water partition coefficient (Wildman–Crippen LogP) is 2.13. The third-order valence-corrected chi connectivity index (χ3v) is 4.90. The number of benzene rings is 1. The number of nitrogens with one attached hydrogen (secondary N) is 1. The summed E-state index contributed by atoms with van der Waals surface area (Å²) in [6.45, 7) is 2.12. The van der Waals surface area contributed by atoms with E-state index in [9.17, 15) is 8.42 Å². The summed E-state index contributed by atoms with van der Waals surface area (Å²) in [5.41, 5.74) is 2.56. The molecule has 23 heavy (non-hydrogen) atoms. The number of hydrogen-bond donors (Lipinski definition) is 1. The lowest BCUT2D eigenvalue weighted by molar-refractivity contribution is 0.414. The van der Waals surface area contributed by atoms with Gasteiger partial charge in [0.25, 0.3) is 0 Å². The summed E-state index contributed by atoms with van der Waals surface area (Å²) in [5.74, 6) is 0.611. The standard InChI is InChI=1S/C16H17N3O3S/c1-12-7-8-19-11-13(18-16(19)9-12)10-17-23(20,21)15-5-3-14(22-2)4-6-15/h3-9,11,17H,10H2,1-2H3. The summed E-state index contributed by atoms with van der Waals surface area (Å²) in [6.07, 6.45) is 3.71. The second-order valence-corrected chi connectivity index (χ2v) is 6.97. The Morgan fingerprint density at radius 1 is 1.22 bits per heavy atom. The van der Waals surface area contributed by atoms with Crippen molar-refractivity contribution in [1.82, 2.24) is 14.1 Å². The minimum absolute atomic E-state index is 0.134. The Bertz CT molecular complexity index is 931. The summed E-state index contributed by atoms with van der Waals surface area (Å²) >= 11 is 0. The molecule has 0 amide bonds. The Kier molecular flexibility index (Phi) is 4.06. The normalized spacial score (nSPS) is 11.7. The number of aryl methyl sites for hydroxylation is 1. The Labute approximate surface area is 134 Å². The summed E-state index contributed by atoms with van der Waals surface area (Å²) < 4.78 is 34.0. The molecule has 0 aliphatic heterocycles. The lowest BCUT2D eigenvalue weighted by Gasteiger charge is -2.06. The van der Waals surface area contributed by atoms with Gasteiger partial charge in [-0.15, -0.1) is 0 Å². The highest BCUT2D eigenvalue weighted by Gasteiger charge is 2.14. The molecule has 0 spiro atoms. The Hall–Kier alpha value is -2.38. The lowest BCUT2D eigenvalue weighted by Crippen LogP contribution is -2.23. The van der Waals surface area contributed by atoms with Crippen molar-refractivity contribution in [3.8, 4) is 5.75 Å². The van der Waals surface area contributed by atoms with E-state index in [1.807, 2.05) is 35.9 Å². The monoisotopic (exact) mass is 331 g/mol. The molecule has 0 saturated heterocycles. The third-order valence-electron chi connectivity index (χ3n) is 3.48. The molecule has 3 aromatic rings. The number of nitrogens with zero attached hydrogens (tertiary/aromatic N) is 2. The molecule has 0 saturated carbocycles. The van der Waals surface area contributed by atoms with E-state index in [4.69, 9.17) is 4.74 Å². The smallest absolute Gasteiger partial charge is 0.240 e. The fourth-order valence-electron chi connectivity index (χ4n) is 2.23. The number of aromatic nitrogens is 2. The van der Waals surface area contributed by atoms with Crippen molar-refractivity contribution >= 4 is 15.7 Å². The minimum Gasteiger partial charge on any atom is -0.497 e. The average Bonchev–Trinajstić information content (AvgIpc) is 2.95. The van der Waals surface area contributed by atoms with E-state index in [-0.39, 0.29) is 11.4 Å². The first-order valence-electron chi connectivity index (χ1n) is 7.06. The van der Waals surface area contributed by atoms with Crippen LogP contribution in [0.1, 0.15) is 11.3 Å². The molecule has 2 heterocycles. The molecule has 7 heteroatoms. The highest BCUT2D eigenvalue weighted by atomic mass is 32.2. The van der Waals surface area contributed by atoms with Gasteiger partial charge in [-0.1, -0.05) is 0 Å². The summed E-state index contributed by atoms with van der Waals surface area (Å²) in [4.78, 5) is 4.61. The maximum absolute atomic E-state index is 12.3. The van der Waals surface area contributed by atoms with Gasteiger partial charge in [-0.25, -0.2) is 18.1 Å². The molecular formula is C16H17N3O3S. The molecule has 6 nitrogen and oxygen atoms in total. The molecule has 1 aromatic carbocycles. The van der Waals surface area contributed by atoms with Gasteiger partial charge in [-0.05, 0) is 48.9 Å². The largest absolute Gasteiger partial charge is 0.497 e. The van der Waals surface area contributed by atoms with Gasteiger partial charge in [-0.2, -0.15) is 0 Å². The second kappa shape index (κ2) is 6.02. The lowest BCUT2D eigenvalue weighted by atomic mass is 10.3. The average molecular weight is 331 g/mol. The van der Waals surface area contributed by atoms with Gasteiger partial charge < -0.3 is 9.14 Å². The number of hydrogen-bond acceptors (Lipinski definition) is 4. The van der Waals surface area contributed by atoms with Gasteiger partial charge in [0.05, 0.1) is 24.2 Å². The highest BCUT2D eigenvalue weighted by Crippen LogP contribution is 2.16. The van der Waals surface area contributed by atoms with E-state index in [0.29, 0.717) is 11.4 Å². The van der Waals surface area contributed by atoms with Crippen LogP contribution in [0.25, 0.3) is 5.65 Å². The zero-order valence-corrected chi connectivity index (χ0v) is 13.7. The van der Waals surface area contributed by atoms with Crippen LogP contribution in [-0.4, -0.2) is 24.9 Å². The minimum atomic E-state index is -3.58. The summed E-state index contributed by atoms with van der Waals surface area (Å²) in [6, 6.07) is 10.2. The summed E-state index contributed by atoms with van der Waals surface area (Å²) in [7, 11) is -2.05. The van der Waals surface area contributed by atoms with Gasteiger partial charge in [-0.3, -0.25) is 0 Å². The van der Waals surface area contributed by atoms with Crippen LogP contribution >= 0.6 is 0 Å². The van der Waals surface area contributed by atoms with Crippen molar-refractivity contribution < 1.29 is 13.2 Å². The van der Waals surface area contributed by atoms with E-state index in [1.165, 1.54) is 19.2 Å². The Balaban J connectivity index is 1.77. The molecule has 1 N–H and O–H groups in total. The molecule has 0 bridgehead atoms. The van der Waals surface area contributed by atoms with E-state index in [1.54, 1.807) is 12.1 Å². The number of methoxy groups -OCH3 is 1. The van der Waals surface area contributed by atoms with Crippen LogP contribution in [0.2, 0.25) is 0 Å². The first-order chi connectivity index (χ1) is 11.0. The molecule has 0 aliphatic carbocycles. The SMILES string of the molecule is COc1ccc(S(=O)(=O)NCc2cn3ccc(C)cc3n2)cc1. The first kappa shape index (κ1) is 15.5. The van der Waals surface area contributed by atoms with Crippen molar-refractivity contribution in [3.05, 3.63) is 60.0 Å². The van der Waals surface area contributed by atoms with E-state index in [2.05, 4.69) is 9.71 Å². The van der Waals surface area contributed by atoms with Crippen molar-refractivity contribution in [2.75, 3.05) is 7.11 Å². The number of imidazole rings is 1. The van der Waals surface area contributed by atoms with Crippen LogP contribution in [0.3, 0.4) is 0 Å². The van der Waals surface area contributed by atoms with Gasteiger partial charge in [0, 0.05) is 12.4 Å². The topological polar surface area (TPSA) is 72.7 Å². The number of sulfonamides is 1. The number of fused-ring (bicyclic) bond motifs is 1. The second-order valence-electron chi connectivity index (χ2n) is 5.20. The van der Waals surface area contributed by atoms with Gasteiger partial charge in [0.15, 0.2) is 0 Å². The molecule has 0 aliphatic rings. The first-order valence-corrected chi connectivity index (χ1v) is 8.54. The van der Waals surface area contributed by atoms with E-state index < -0.39 is 10.0 Å². The van der Waals surface area contributed by atoms with Crippen LogP contribution in [-0.2, 0) is 16.6 Å². The van der Waals surface area contributed by atoms with Crippen LogP contribution in [0.15, 0.2) is 53.7 Å². The van der Waals surface area contributed by atoms with Crippen molar-refractivity contribution in [1.29, 1.82) is 0 Å². The highest BCUT2D eigenvalue weighted by molar-refractivity contribution is 7.89. The van der Waals surface area contributed by atoms with Crippen LogP contribution in [0.5, 0.6) is 5.75 Å². The third kappa shape index (κ3) is 3.35. The van der Waals surface area contributed by atoms with Crippen LogP contribution in [0.4, 0.5) is 0 Å². The van der Waals surface area contributed by atoms with Gasteiger partial charge in [0.1, 0.15) is 11.4 Å². The quantitative estimate of drug-likeness (QED) is 0.777. The van der Waals surface area contributed by atoms with Gasteiger partial charge >= 0.3 is 0 Å². The van der Waals surface area contributed by atoms with Crippen molar-refractivity contribution in [2.45, 2.75) is 18.4 Å². The summed E-state index contributed by atoms with van der Waals surface area (Å²) in [5, 5.41) is 0. The Morgan fingerprint density at radius 3 is 2.65 bits per heavy atom. The van der Waals surface area contributed by atoms with Crippen molar-refractivity contribution in [3.63, 3.8) is 0 Å². The Morgan fingerprint density at radius 2 is 1.96 bits per heavy atom. The van der Waals surface area contributed by atoms with E-state index >= 15 is 0 Å². The van der Waals surface area contributed by atoms with Crippen LogP contribution < -0.4 is 9.46 Å². The van der Waals surface area contributed by atoms with E-state index in [0.717, 1.165) is 11.2 Å². The molecule has 120 valence electrons. The van der Waals surface area contributed by atoms with Crippen LogP contribution in [0, 0.1) is 6.92 Å². The molecule has 2 aromatic heterocycles. The molecule has 0 radical (unpaired) electrons. The predicted molar refractivity (Wildman–Crippen MR) is 86.9 cm³/mol. The maximum Gasteiger partial charge on any atom is 0.240 e. The maximum atomic E-state index is 12.3. The molecule has 3 rings (SSSR count). The zero-order chi connectivity index (χ0) is 16.4. The number of ether oxygens (including phenoxy) is 1.